The molecule has 38 heavy (non-hydrogen) atoms. The minimum atomic E-state index is -3.96. The Bertz CT molecular complexity index is 1320. The zero-order chi connectivity index (χ0) is 27.9. The van der Waals surface area contributed by atoms with Crippen LogP contribution in [-0.2, 0) is 27.5 Å². The van der Waals surface area contributed by atoms with E-state index in [0.717, 1.165) is 5.56 Å². The summed E-state index contributed by atoms with van der Waals surface area (Å²) in [5.74, 6) is 1.47. The van der Waals surface area contributed by atoms with Crippen molar-refractivity contribution in [3.05, 3.63) is 47.8 Å². The zero-order valence-corrected chi connectivity index (χ0v) is 23.8. The lowest BCUT2D eigenvalue weighted by molar-refractivity contribution is 0.390. The molecule has 0 aliphatic rings. The second-order valence-corrected chi connectivity index (χ2v) is 12.0. The van der Waals surface area contributed by atoms with Crippen molar-refractivity contribution in [2.75, 3.05) is 24.7 Å². The third kappa shape index (κ3) is 7.05. The molecule has 0 radical (unpaired) electrons. The molecule has 0 saturated heterocycles. The van der Waals surface area contributed by atoms with Gasteiger partial charge in [0, 0.05) is 30.5 Å². The number of nitrogens with one attached hydrogen (secondary N) is 1. The third-order valence-corrected chi connectivity index (χ3v) is 8.70. The summed E-state index contributed by atoms with van der Waals surface area (Å²) in [5, 5.41) is 7.56. The summed E-state index contributed by atoms with van der Waals surface area (Å²) < 4.78 is 62.2. The Kier molecular flexibility index (Phi) is 10.2. The van der Waals surface area contributed by atoms with Crippen molar-refractivity contribution in [2.45, 2.75) is 57.6 Å². The van der Waals surface area contributed by atoms with E-state index in [9.17, 15) is 12.6 Å². The van der Waals surface area contributed by atoms with E-state index in [1.165, 1.54) is 14.2 Å². The number of nitrogens with zero attached hydrogens (tertiary/aromatic N) is 5. The zero-order valence-electron chi connectivity index (χ0n) is 22.1. The quantitative estimate of drug-likeness (QED) is 0.219. The van der Waals surface area contributed by atoms with Gasteiger partial charge in [0.05, 0.1) is 19.5 Å². The van der Waals surface area contributed by atoms with Crippen molar-refractivity contribution >= 4 is 27.1 Å². The molecule has 0 bridgehead atoms. The van der Waals surface area contributed by atoms with E-state index in [4.69, 9.17) is 14.0 Å². The molecular weight excluding hydrogens is 532 g/mol. The van der Waals surface area contributed by atoms with Crippen LogP contribution in [0.1, 0.15) is 56.2 Å². The second kappa shape index (κ2) is 13.1. The van der Waals surface area contributed by atoms with Gasteiger partial charge in [-0.05, 0) is 44.4 Å². The number of benzene rings is 1. The molecule has 0 aliphatic carbocycles. The predicted molar refractivity (Wildman–Crippen MR) is 145 cm³/mol. The van der Waals surface area contributed by atoms with Gasteiger partial charge in [-0.15, -0.1) is 10.2 Å². The molecule has 2 heterocycles. The fourth-order valence-corrected chi connectivity index (χ4v) is 5.54. The molecule has 12 nitrogen and oxygen atoms in total. The highest BCUT2D eigenvalue weighted by atomic mass is 32.2. The smallest absolute Gasteiger partial charge is 0.243 e. The van der Waals surface area contributed by atoms with Gasteiger partial charge < -0.3 is 14.0 Å². The van der Waals surface area contributed by atoms with Gasteiger partial charge in [0.15, 0.2) is 11.1 Å². The van der Waals surface area contributed by atoms with Crippen LogP contribution in [0.15, 0.2) is 30.6 Å². The topological polar surface area (TPSA) is 158 Å². The Labute approximate surface area is 225 Å². The van der Waals surface area contributed by atoms with Crippen LogP contribution in [0.4, 0.5) is 5.95 Å². The fraction of sp³-hybridized carbons (Fsp3) is 0.500. The van der Waals surface area contributed by atoms with E-state index in [0.29, 0.717) is 54.5 Å². The normalized spacial score (nSPS) is 14.1. The number of anilines is 1. The maximum atomic E-state index is 13.5. The number of hydrogen-bond donors (Lipinski definition) is 2. The maximum Gasteiger partial charge on any atom is 0.243 e. The summed E-state index contributed by atoms with van der Waals surface area (Å²) in [4.78, 5) is 8.58. The highest BCUT2D eigenvalue weighted by Crippen LogP contribution is 2.36. The van der Waals surface area contributed by atoms with Crippen molar-refractivity contribution in [1.82, 2.24) is 24.7 Å². The molecule has 0 amide bonds. The molecule has 0 spiro atoms. The molecule has 3 atom stereocenters. The third-order valence-electron chi connectivity index (χ3n) is 6.21. The van der Waals surface area contributed by atoms with Gasteiger partial charge in [0.2, 0.25) is 16.0 Å². The summed E-state index contributed by atoms with van der Waals surface area (Å²) >= 11 is -1.84. The average Bonchev–Trinajstić information content (AvgIpc) is 3.28. The minimum absolute atomic E-state index is 0.0110. The number of para-hydroxylation sites is 1. The van der Waals surface area contributed by atoms with E-state index >= 15 is 0 Å². The van der Waals surface area contributed by atoms with Crippen molar-refractivity contribution in [1.29, 1.82) is 0 Å². The predicted octanol–water partition coefficient (Wildman–Crippen LogP) is 3.25. The molecule has 2 N–H and O–H groups in total. The molecule has 14 heteroatoms. The number of ether oxygens (including phenoxy) is 2. The number of aromatic nitrogens is 5. The van der Waals surface area contributed by atoms with Crippen LogP contribution in [0.5, 0.6) is 11.5 Å². The number of hydrogen-bond acceptors (Lipinski definition) is 9. The summed E-state index contributed by atoms with van der Waals surface area (Å²) in [6, 6.07) is 5.22. The summed E-state index contributed by atoms with van der Waals surface area (Å²) in [6.07, 6.45) is 5.66. The molecule has 0 aliphatic heterocycles. The van der Waals surface area contributed by atoms with Crippen molar-refractivity contribution in [3.8, 4) is 17.2 Å². The van der Waals surface area contributed by atoms with E-state index in [-0.39, 0.29) is 11.7 Å². The molecule has 2 aromatic heterocycles. The molecule has 3 rings (SSSR count). The van der Waals surface area contributed by atoms with Crippen molar-refractivity contribution in [3.63, 3.8) is 0 Å². The molecule has 3 aromatic rings. The Balaban J connectivity index is 1.97. The lowest BCUT2D eigenvalue weighted by Gasteiger charge is -2.21. The van der Waals surface area contributed by atoms with Gasteiger partial charge in [0.25, 0.3) is 0 Å². The van der Waals surface area contributed by atoms with Gasteiger partial charge in [-0.2, -0.15) is 0 Å². The van der Waals surface area contributed by atoms with Crippen molar-refractivity contribution in [2.24, 2.45) is 0 Å². The monoisotopic (exact) mass is 566 g/mol. The first-order chi connectivity index (χ1) is 18.1. The Morgan fingerprint density at radius 1 is 1.05 bits per heavy atom. The van der Waals surface area contributed by atoms with E-state index in [2.05, 4.69) is 24.9 Å². The summed E-state index contributed by atoms with van der Waals surface area (Å²) in [5.41, 5.74) is 1.33. The first kappa shape index (κ1) is 29.5. The number of rotatable bonds is 14. The number of methoxy groups -OCH3 is 2. The number of sulfonamides is 1. The van der Waals surface area contributed by atoms with E-state index in [1.54, 1.807) is 49.0 Å². The highest BCUT2D eigenvalue weighted by Gasteiger charge is 2.32. The largest absolute Gasteiger partial charge is 0.494 e. The van der Waals surface area contributed by atoms with E-state index < -0.39 is 32.3 Å². The average molecular weight is 567 g/mol. The second-order valence-electron chi connectivity index (χ2n) is 8.88. The van der Waals surface area contributed by atoms with Crippen LogP contribution in [0.25, 0.3) is 5.69 Å². The van der Waals surface area contributed by atoms with Gasteiger partial charge in [-0.25, -0.2) is 22.6 Å². The lowest BCUT2D eigenvalue weighted by Crippen LogP contribution is -2.31. The number of aryl methyl sites for hydroxylation is 2. The van der Waals surface area contributed by atoms with Gasteiger partial charge in [0.1, 0.15) is 28.8 Å². The Morgan fingerprint density at radius 2 is 1.68 bits per heavy atom. The first-order valence-electron chi connectivity index (χ1n) is 12.1. The summed E-state index contributed by atoms with van der Waals surface area (Å²) in [7, 11) is -0.949. The van der Waals surface area contributed by atoms with Crippen LogP contribution in [0.3, 0.4) is 0 Å². The number of unbranched alkanes of at least 4 members (excludes halogenated alkanes) is 2. The van der Waals surface area contributed by atoms with E-state index in [1.807, 2.05) is 6.92 Å². The Hall–Kier alpha value is -3.10. The fourth-order valence-electron chi connectivity index (χ4n) is 3.85. The van der Waals surface area contributed by atoms with Crippen molar-refractivity contribution < 1.29 is 26.7 Å². The van der Waals surface area contributed by atoms with Crippen LogP contribution in [-0.4, -0.2) is 67.1 Å². The maximum absolute atomic E-state index is 13.5. The molecule has 1 aromatic carbocycles. The van der Waals surface area contributed by atoms with Crippen LogP contribution in [0, 0.1) is 6.92 Å². The lowest BCUT2D eigenvalue weighted by atomic mass is 10.1. The Morgan fingerprint density at radius 3 is 2.26 bits per heavy atom. The molecule has 0 saturated carbocycles. The van der Waals surface area contributed by atoms with Crippen LogP contribution in [0.2, 0.25) is 0 Å². The van der Waals surface area contributed by atoms with Gasteiger partial charge in [-0.3, -0.25) is 9.29 Å². The molecule has 208 valence electrons. The minimum Gasteiger partial charge on any atom is -0.494 e. The summed E-state index contributed by atoms with van der Waals surface area (Å²) in [6.45, 7) is 5.21. The van der Waals surface area contributed by atoms with Crippen LogP contribution < -0.4 is 14.2 Å². The SMILES string of the molecule is COc1cccc(OC)c1-n1c(CCCCCS(=O)O)nnc1NS(=O)(=O)[C@@H](C)[C@H](C)c1ncc(C)cn1. The van der Waals surface area contributed by atoms with Gasteiger partial charge >= 0.3 is 0 Å². The standard InChI is InChI=1S/C24H34N6O6S2/c1-16-14-25-23(26-15-16)17(2)18(3)38(33,34)29-24-28-27-21(12-7-6-8-13-37(31)32)30(24)22-19(35-4)10-9-11-20(22)36-5/h9-11,14-15,17-18H,6-8,12-13H2,1-5H3,(H,28,29)(H,31,32)/t17-,18-/m0/s1. The van der Waals surface area contributed by atoms with Gasteiger partial charge in [-0.1, -0.05) is 19.4 Å². The molecule has 0 fully saturated rings. The first-order valence-corrected chi connectivity index (χ1v) is 14.9. The van der Waals surface area contributed by atoms with Crippen LogP contribution >= 0.6 is 0 Å². The molecular formula is C24H34N6O6S2. The molecule has 1 unspecified atom stereocenters. The highest BCUT2D eigenvalue weighted by molar-refractivity contribution is 7.93.